The van der Waals surface area contributed by atoms with Gasteiger partial charge in [-0.25, -0.2) is 9.59 Å². The van der Waals surface area contributed by atoms with Gasteiger partial charge in [0.05, 0.1) is 13.0 Å². The highest BCUT2D eigenvalue weighted by Crippen LogP contribution is 2.07. The van der Waals surface area contributed by atoms with Gasteiger partial charge in [-0.15, -0.1) is 0 Å². The monoisotopic (exact) mass is 390 g/mol. The molecule has 0 rings (SSSR count). The summed E-state index contributed by atoms with van der Waals surface area (Å²) in [5.41, 5.74) is 14.1. The molecule has 0 radical (unpaired) electrons. The van der Waals surface area contributed by atoms with Crippen molar-refractivity contribution in [2.75, 3.05) is 6.61 Å². The Morgan fingerprint density at radius 1 is 1.04 bits per heavy atom. The molecule has 0 saturated heterocycles. The number of aliphatic hydroxyl groups excluding tert-OH is 1. The number of carboxylic acids is 1. The normalized spacial score (nSPS) is 14.8. The lowest BCUT2D eigenvalue weighted by Gasteiger charge is -2.23. The highest BCUT2D eigenvalue weighted by atomic mass is 16.4. The van der Waals surface area contributed by atoms with Crippen molar-refractivity contribution in [1.82, 2.24) is 21.5 Å². The number of rotatable bonds is 10. The van der Waals surface area contributed by atoms with E-state index >= 15 is 0 Å². The Hall–Kier alpha value is -2.93. The van der Waals surface area contributed by atoms with Crippen LogP contribution in [0, 0.1) is 5.92 Å². The van der Waals surface area contributed by atoms with Crippen LogP contribution in [0.4, 0.5) is 4.79 Å². The van der Waals surface area contributed by atoms with Gasteiger partial charge in [0.25, 0.3) is 11.8 Å². The van der Waals surface area contributed by atoms with Gasteiger partial charge in [0.1, 0.15) is 18.1 Å². The van der Waals surface area contributed by atoms with Gasteiger partial charge in [0, 0.05) is 0 Å². The SMILES string of the molecule is CCC(C)[C@H](NC(=O)NC(CC(N)=O)C(=O)NNC(=O)[C@@H](N)CO)C(=O)O. The molecular weight excluding hydrogens is 364 g/mol. The lowest BCUT2D eigenvalue weighted by atomic mass is 9.99. The molecule has 0 fully saturated rings. The molecule has 0 heterocycles. The third-order valence-corrected chi connectivity index (χ3v) is 3.64. The number of nitrogens with two attached hydrogens (primary N) is 2. The van der Waals surface area contributed by atoms with E-state index in [1.165, 1.54) is 0 Å². The summed E-state index contributed by atoms with van der Waals surface area (Å²) in [7, 11) is 0. The molecule has 2 unspecified atom stereocenters. The zero-order chi connectivity index (χ0) is 21.1. The van der Waals surface area contributed by atoms with Crippen LogP contribution in [0.15, 0.2) is 0 Å². The molecule has 0 spiro atoms. The van der Waals surface area contributed by atoms with Crippen LogP contribution in [-0.4, -0.2) is 64.7 Å². The van der Waals surface area contributed by atoms with Crippen molar-refractivity contribution in [2.45, 2.75) is 44.8 Å². The molecular formula is C14H26N6O7. The summed E-state index contributed by atoms with van der Waals surface area (Å²) in [6.45, 7) is 2.69. The Kier molecular flexibility index (Phi) is 10.4. The quantitative estimate of drug-likeness (QED) is 0.174. The standard InChI is InChI=1S/C14H26N6O7/c1-3-6(2)10(13(25)26)18-14(27)17-8(4-9(16)22)12(24)20-19-11(23)7(15)5-21/h6-8,10,21H,3-5,15H2,1-2H3,(H2,16,22)(H,19,23)(H,20,24)(H,25,26)(H2,17,18,27)/t6?,7-,8?,10-/m0/s1. The lowest BCUT2D eigenvalue weighted by molar-refractivity contribution is -0.140. The number of primary amides is 1. The van der Waals surface area contributed by atoms with E-state index < -0.39 is 66.8 Å². The van der Waals surface area contributed by atoms with E-state index in [1.54, 1.807) is 13.8 Å². The number of carbonyl (C=O) groups excluding carboxylic acids is 4. The fraction of sp³-hybridized carbons (Fsp3) is 0.643. The summed E-state index contributed by atoms with van der Waals surface area (Å²) in [6, 6.07) is -5.00. The van der Waals surface area contributed by atoms with Crippen LogP contribution < -0.4 is 33.0 Å². The third-order valence-electron chi connectivity index (χ3n) is 3.64. The molecule has 0 aliphatic carbocycles. The molecule has 4 atom stereocenters. The summed E-state index contributed by atoms with van der Waals surface area (Å²) in [5, 5.41) is 22.2. The molecule has 27 heavy (non-hydrogen) atoms. The Morgan fingerprint density at radius 2 is 1.59 bits per heavy atom. The topological polar surface area (TPSA) is 226 Å². The number of carbonyl (C=O) groups is 5. The second-order valence-corrected chi connectivity index (χ2v) is 5.81. The minimum Gasteiger partial charge on any atom is -0.480 e. The number of urea groups is 1. The number of amides is 5. The number of hydrogen-bond acceptors (Lipinski definition) is 7. The van der Waals surface area contributed by atoms with E-state index in [0.29, 0.717) is 6.42 Å². The van der Waals surface area contributed by atoms with E-state index in [2.05, 4.69) is 10.6 Å². The summed E-state index contributed by atoms with van der Waals surface area (Å²) in [5.74, 6) is -4.49. The van der Waals surface area contributed by atoms with E-state index in [-0.39, 0.29) is 0 Å². The van der Waals surface area contributed by atoms with Gasteiger partial charge < -0.3 is 32.3 Å². The molecule has 0 aliphatic rings. The Balaban J connectivity index is 4.96. The smallest absolute Gasteiger partial charge is 0.326 e. The van der Waals surface area contributed by atoms with E-state index in [1.807, 2.05) is 10.9 Å². The van der Waals surface area contributed by atoms with Crippen molar-refractivity contribution in [2.24, 2.45) is 17.4 Å². The molecule has 154 valence electrons. The Morgan fingerprint density at radius 3 is 2.04 bits per heavy atom. The van der Waals surface area contributed by atoms with Gasteiger partial charge >= 0.3 is 12.0 Å². The fourth-order valence-electron chi connectivity index (χ4n) is 1.82. The Labute approximate surface area is 155 Å². The van der Waals surface area contributed by atoms with Crippen molar-refractivity contribution in [3.63, 3.8) is 0 Å². The highest BCUT2D eigenvalue weighted by molar-refractivity contribution is 5.93. The maximum absolute atomic E-state index is 12.0. The number of carboxylic acid groups (broad SMARTS) is 1. The average molecular weight is 390 g/mol. The Bertz CT molecular complexity index is 570. The summed E-state index contributed by atoms with van der Waals surface area (Å²) < 4.78 is 0. The number of hydrazine groups is 1. The molecule has 10 N–H and O–H groups in total. The maximum Gasteiger partial charge on any atom is 0.326 e. The highest BCUT2D eigenvalue weighted by Gasteiger charge is 2.28. The van der Waals surface area contributed by atoms with E-state index in [4.69, 9.17) is 21.7 Å². The van der Waals surface area contributed by atoms with Gasteiger partial charge in [-0.3, -0.25) is 25.2 Å². The first-order valence-electron chi connectivity index (χ1n) is 8.07. The predicted octanol–water partition coefficient (Wildman–Crippen LogP) is -3.50. The van der Waals surface area contributed by atoms with Gasteiger partial charge in [-0.2, -0.15) is 0 Å². The van der Waals surface area contributed by atoms with Crippen LogP contribution in [0.1, 0.15) is 26.7 Å². The van der Waals surface area contributed by atoms with E-state index in [9.17, 15) is 24.0 Å². The van der Waals surface area contributed by atoms with Gasteiger partial charge in [-0.1, -0.05) is 20.3 Å². The number of nitrogens with one attached hydrogen (secondary N) is 4. The zero-order valence-electron chi connectivity index (χ0n) is 15.0. The molecule has 0 aromatic heterocycles. The molecule has 13 nitrogen and oxygen atoms in total. The molecule has 0 bridgehead atoms. The maximum atomic E-state index is 12.0. The van der Waals surface area contributed by atoms with Crippen LogP contribution in [0.5, 0.6) is 0 Å². The first-order chi connectivity index (χ1) is 12.5. The molecule has 5 amide bonds. The van der Waals surface area contributed by atoms with Gasteiger partial charge in [0.15, 0.2) is 0 Å². The molecule has 0 aromatic carbocycles. The second-order valence-electron chi connectivity index (χ2n) is 5.81. The summed E-state index contributed by atoms with van der Waals surface area (Å²) in [4.78, 5) is 57.8. The minimum absolute atomic E-state index is 0.393. The zero-order valence-corrected chi connectivity index (χ0v) is 15.0. The van der Waals surface area contributed by atoms with Crippen molar-refractivity contribution >= 4 is 29.7 Å². The minimum atomic E-state index is -1.49. The van der Waals surface area contributed by atoms with Crippen LogP contribution in [0.2, 0.25) is 0 Å². The number of aliphatic hydroxyl groups is 1. The van der Waals surface area contributed by atoms with Crippen LogP contribution in [0.25, 0.3) is 0 Å². The van der Waals surface area contributed by atoms with Crippen LogP contribution >= 0.6 is 0 Å². The molecule has 0 saturated carbocycles. The van der Waals surface area contributed by atoms with Crippen LogP contribution in [-0.2, 0) is 19.2 Å². The van der Waals surface area contributed by atoms with Crippen molar-refractivity contribution in [3.8, 4) is 0 Å². The van der Waals surface area contributed by atoms with Crippen molar-refractivity contribution < 1.29 is 34.2 Å². The van der Waals surface area contributed by atoms with Crippen molar-refractivity contribution in [1.29, 1.82) is 0 Å². The number of hydrogen-bond donors (Lipinski definition) is 8. The second kappa shape index (κ2) is 11.6. The average Bonchev–Trinajstić information content (AvgIpc) is 2.61. The summed E-state index contributed by atoms with van der Waals surface area (Å²) in [6.07, 6.45) is -0.137. The fourth-order valence-corrected chi connectivity index (χ4v) is 1.82. The molecule has 0 aliphatic heterocycles. The number of aliphatic carboxylic acids is 1. The molecule has 0 aromatic rings. The largest absolute Gasteiger partial charge is 0.480 e. The lowest BCUT2D eigenvalue weighted by Crippen LogP contribution is -2.58. The third kappa shape index (κ3) is 8.82. The first kappa shape index (κ1) is 24.1. The first-order valence-corrected chi connectivity index (χ1v) is 8.07. The van der Waals surface area contributed by atoms with Crippen molar-refractivity contribution in [3.05, 3.63) is 0 Å². The van der Waals surface area contributed by atoms with Gasteiger partial charge in [0.2, 0.25) is 5.91 Å². The summed E-state index contributed by atoms with van der Waals surface area (Å²) >= 11 is 0. The van der Waals surface area contributed by atoms with E-state index in [0.717, 1.165) is 0 Å². The predicted molar refractivity (Wildman–Crippen MR) is 91.5 cm³/mol. The molecule has 13 heteroatoms. The van der Waals surface area contributed by atoms with Crippen LogP contribution in [0.3, 0.4) is 0 Å². The van der Waals surface area contributed by atoms with Gasteiger partial charge in [-0.05, 0) is 5.92 Å².